The number of nitrogens with zero attached hydrogens (tertiary/aromatic N) is 2. The number of aromatic nitrogens is 2. The number of nitrogen functional groups attached to an aromatic ring is 1. The molecule has 0 bridgehead atoms. The van der Waals surface area contributed by atoms with Crippen LogP contribution in [0.15, 0.2) is 22.7 Å². The molecule has 0 aliphatic rings. The smallest absolute Gasteiger partial charge is 0.161 e. The Labute approximate surface area is 117 Å². The molecule has 18 heavy (non-hydrogen) atoms. The monoisotopic (exact) mass is 329 g/mol. The first-order valence-electron chi connectivity index (χ1n) is 5.29. The van der Waals surface area contributed by atoms with Crippen LogP contribution in [0.3, 0.4) is 0 Å². The van der Waals surface area contributed by atoms with Crippen molar-refractivity contribution in [3.05, 3.63) is 39.2 Å². The molecule has 0 saturated carbocycles. The maximum atomic E-state index is 13.3. The second kappa shape index (κ2) is 5.20. The van der Waals surface area contributed by atoms with Crippen molar-refractivity contribution in [2.24, 2.45) is 0 Å². The van der Waals surface area contributed by atoms with Crippen molar-refractivity contribution in [3.8, 4) is 11.4 Å². The average Bonchev–Trinajstić information content (AvgIpc) is 2.31. The molecule has 2 N–H and O–H groups in total. The van der Waals surface area contributed by atoms with Crippen molar-refractivity contribution in [3.63, 3.8) is 0 Å². The van der Waals surface area contributed by atoms with Gasteiger partial charge in [-0.2, -0.15) is 0 Å². The minimum Gasteiger partial charge on any atom is -0.383 e. The molecule has 1 aromatic heterocycles. The van der Waals surface area contributed by atoms with Gasteiger partial charge in [-0.15, -0.1) is 0 Å². The van der Waals surface area contributed by atoms with E-state index in [1.165, 1.54) is 12.1 Å². The lowest BCUT2D eigenvalue weighted by Crippen LogP contribution is -2.02. The number of anilines is 1. The van der Waals surface area contributed by atoms with E-state index in [1.54, 1.807) is 6.07 Å². The van der Waals surface area contributed by atoms with E-state index < -0.39 is 5.82 Å². The van der Waals surface area contributed by atoms with Gasteiger partial charge in [0.2, 0.25) is 0 Å². The average molecular weight is 331 g/mol. The van der Waals surface area contributed by atoms with Gasteiger partial charge >= 0.3 is 0 Å². The van der Waals surface area contributed by atoms with Gasteiger partial charge in [0.1, 0.15) is 11.6 Å². The van der Waals surface area contributed by atoms with Crippen molar-refractivity contribution in [2.45, 2.75) is 13.3 Å². The third-order valence-electron chi connectivity index (χ3n) is 2.40. The van der Waals surface area contributed by atoms with Crippen molar-refractivity contribution in [1.82, 2.24) is 9.97 Å². The SMILES string of the molecule is CCc1nc(-c2cc(F)cc(Cl)c2)nc(N)c1Br. The summed E-state index contributed by atoms with van der Waals surface area (Å²) in [5, 5.41) is 0.299. The zero-order chi connectivity index (χ0) is 13.3. The first-order chi connectivity index (χ1) is 8.51. The predicted octanol–water partition coefficient (Wildman–Crippen LogP) is 3.84. The van der Waals surface area contributed by atoms with E-state index in [9.17, 15) is 4.39 Å². The summed E-state index contributed by atoms with van der Waals surface area (Å²) >= 11 is 9.13. The Morgan fingerprint density at radius 1 is 1.33 bits per heavy atom. The number of hydrogen-bond acceptors (Lipinski definition) is 3. The molecule has 3 nitrogen and oxygen atoms in total. The molecule has 0 saturated heterocycles. The molecule has 6 heteroatoms. The van der Waals surface area contributed by atoms with Crippen LogP contribution in [0.4, 0.5) is 10.2 Å². The van der Waals surface area contributed by atoms with E-state index in [0.717, 1.165) is 5.69 Å². The highest BCUT2D eigenvalue weighted by molar-refractivity contribution is 9.10. The summed E-state index contributed by atoms with van der Waals surface area (Å²) in [6.45, 7) is 1.95. The van der Waals surface area contributed by atoms with Crippen LogP contribution in [0, 0.1) is 5.82 Å². The van der Waals surface area contributed by atoms with Gasteiger partial charge in [0.15, 0.2) is 5.82 Å². The van der Waals surface area contributed by atoms with Gasteiger partial charge < -0.3 is 5.73 Å². The molecular formula is C12H10BrClFN3. The highest BCUT2D eigenvalue weighted by Crippen LogP contribution is 2.27. The van der Waals surface area contributed by atoms with Gasteiger partial charge in [-0.05, 0) is 40.5 Å². The van der Waals surface area contributed by atoms with Gasteiger partial charge in [0.25, 0.3) is 0 Å². The molecule has 0 spiro atoms. The van der Waals surface area contributed by atoms with Crippen LogP contribution >= 0.6 is 27.5 Å². The van der Waals surface area contributed by atoms with Crippen LogP contribution in [0.25, 0.3) is 11.4 Å². The molecule has 0 amide bonds. The third kappa shape index (κ3) is 2.62. The molecular weight excluding hydrogens is 321 g/mol. The molecule has 0 fully saturated rings. The van der Waals surface area contributed by atoms with E-state index in [1.807, 2.05) is 6.92 Å². The Morgan fingerprint density at radius 2 is 2.06 bits per heavy atom. The van der Waals surface area contributed by atoms with Crippen molar-refractivity contribution in [2.75, 3.05) is 5.73 Å². The number of hydrogen-bond donors (Lipinski definition) is 1. The highest BCUT2D eigenvalue weighted by atomic mass is 79.9. The minimum absolute atomic E-state index is 0.299. The summed E-state index contributed by atoms with van der Waals surface area (Å²) in [5.41, 5.74) is 7.07. The number of aryl methyl sites for hydroxylation is 1. The zero-order valence-corrected chi connectivity index (χ0v) is 11.9. The lowest BCUT2D eigenvalue weighted by molar-refractivity contribution is 0.628. The van der Waals surface area contributed by atoms with E-state index in [0.29, 0.717) is 33.1 Å². The second-order valence-electron chi connectivity index (χ2n) is 3.70. The largest absolute Gasteiger partial charge is 0.383 e. The van der Waals surface area contributed by atoms with Crippen molar-refractivity contribution < 1.29 is 4.39 Å². The maximum Gasteiger partial charge on any atom is 0.161 e. The van der Waals surface area contributed by atoms with Crippen LogP contribution in [0.2, 0.25) is 5.02 Å². The standard InChI is InChI=1S/C12H10BrClFN3/c1-2-9-10(13)11(16)18-12(17-9)6-3-7(14)5-8(15)4-6/h3-5H,2H2,1H3,(H2,16,17,18). The Morgan fingerprint density at radius 3 is 2.67 bits per heavy atom. The Balaban J connectivity index is 2.60. The van der Waals surface area contributed by atoms with E-state index in [4.69, 9.17) is 17.3 Å². The van der Waals surface area contributed by atoms with Gasteiger partial charge in [-0.3, -0.25) is 0 Å². The van der Waals surface area contributed by atoms with Gasteiger partial charge in [-0.1, -0.05) is 18.5 Å². The van der Waals surface area contributed by atoms with Gasteiger partial charge in [0.05, 0.1) is 10.2 Å². The topological polar surface area (TPSA) is 51.8 Å². The quantitative estimate of drug-likeness (QED) is 0.910. The lowest BCUT2D eigenvalue weighted by Gasteiger charge is -2.08. The highest BCUT2D eigenvalue weighted by Gasteiger charge is 2.11. The Bertz CT molecular complexity index is 584. The first-order valence-corrected chi connectivity index (χ1v) is 6.46. The summed E-state index contributed by atoms with van der Waals surface area (Å²) in [6.07, 6.45) is 0.698. The molecule has 2 aromatic rings. The molecule has 2 rings (SSSR count). The third-order valence-corrected chi connectivity index (χ3v) is 3.48. The molecule has 94 valence electrons. The van der Waals surface area contributed by atoms with E-state index in [2.05, 4.69) is 25.9 Å². The minimum atomic E-state index is -0.430. The summed E-state index contributed by atoms with van der Waals surface area (Å²) in [4.78, 5) is 8.47. The number of rotatable bonds is 2. The predicted molar refractivity (Wildman–Crippen MR) is 73.9 cm³/mol. The first kappa shape index (κ1) is 13.2. The molecule has 0 aliphatic carbocycles. The Hall–Kier alpha value is -1.20. The van der Waals surface area contributed by atoms with Gasteiger partial charge in [0, 0.05) is 10.6 Å². The summed E-state index contributed by atoms with van der Waals surface area (Å²) in [7, 11) is 0. The second-order valence-corrected chi connectivity index (χ2v) is 4.93. The number of benzene rings is 1. The van der Waals surface area contributed by atoms with E-state index >= 15 is 0 Å². The molecule has 1 heterocycles. The fourth-order valence-corrected chi connectivity index (χ4v) is 2.24. The van der Waals surface area contributed by atoms with Crippen LogP contribution in [-0.4, -0.2) is 9.97 Å². The van der Waals surface area contributed by atoms with Crippen LogP contribution in [-0.2, 0) is 6.42 Å². The maximum absolute atomic E-state index is 13.3. The summed E-state index contributed by atoms with van der Waals surface area (Å²) in [6, 6.07) is 4.16. The zero-order valence-electron chi connectivity index (χ0n) is 9.54. The number of nitrogens with two attached hydrogens (primary N) is 1. The molecule has 0 radical (unpaired) electrons. The Kier molecular flexibility index (Phi) is 3.82. The summed E-state index contributed by atoms with van der Waals surface area (Å²) in [5.74, 6) is 0.270. The fourth-order valence-electron chi connectivity index (χ4n) is 1.56. The molecule has 0 aliphatic heterocycles. The molecule has 0 atom stereocenters. The molecule has 1 aromatic carbocycles. The van der Waals surface area contributed by atoms with Crippen molar-refractivity contribution >= 4 is 33.3 Å². The van der Waals surface area contributed by atoms with Crippen LogP contribution < -0.4 is 5.73 Å². The molecule has 0 unspecified atom stereocenters. The van der Waals surface area contributed by atoms with Crippen molar-refractivity contribution in [1.29, 1.82) is 0 Å². The lowest BCUT2D eigenvalue weighted by atomic mass is 10.2. The van der Waals surface area contributed by atoms with Crippen LogP contribution in [0.5, 0.6) is 0 Å². The number of halogens is 3. The van der Waals surface area contributed by atoms with Gasteiger partial charge in [-0.25, -0.2) is 14.4 Å². The normalized spacial score (nSPS) is 10.7. The fraction of sp³-hybridized carbons (Fsp3) is 0.167. The van der Waals surface area contributed by atoms with Crippen LogP contribution in [0.1, 0.15) is 12.6 Å². The van der Waals surface area contributed by atoms with E-state index in [-0.39, 0.29) is 0 Å². The summed E-state index contributed by atoms with van der Waals surface area (Å²) < 4.78 is 14.0.